The number of pyridine rings is 1. The zero-order valence-electron chi connectivity index (χ0n) is 9.22. The fourth-order valence-corrected chi connectivity index (χ4v) is 1.55. The summed E-state index contributed by atoms with van der Waals surface area (Å²) in [5.41, 5.74) is 1.23. The molecule has 0 spiro atoms. The summed E-state index contributed by atoms with van der Waals surface area (Å²) in [6.45, 7) is 0. The smallest absolute Gasteiger partial charge is 0.270 e. The molecule has 90 valence electrons. The number of rotatable bonds is 3. The number of nitrogens with zero attached hydrogens (tertiary/aromatic N) is 3. The lowest BCUT2D eigenvalue weighted by Gasteiger charge is -2.03. The molecule has 2 rings (SSSR count). The van der Waals surface area contributed by atoms with Crippen molar-refractivity contribution < 1.29 is 10.1 Å². The highest BCUT2D eigenvalue weighted by atomic mass is 16.6. The van der Waals surface area contributed by atoms with E-state index in [9.17, 15) is 10.1 Å². The Balaban J connectivity index is 2.47. The van der Waals surface area contributed by atoms with Crippen molar-refractivity contribution >= 4 is 11.4 Å². The predicted octanol–water partition coefficient (Wildman–Crippen LogP) is 2.22. The van der Waals surface area contributed by atoms with Crippen molar-refractivity contribution in [3.8, 4) is 0 Å². The third-order valence-electron chi connectivity index (χ3n) is 2.37. The molecule has 2 aromatic rings. The van der Waals surface area contributed by atoms with Crippen LogP contribution in [0, 0.1) is 10.1 Å². The van der Waals surface area contributed by atoms with Gasteiger partial charge in [0.2, 0.25) is 0 Å². The van der Waals surface area contributed by atoms with Crippen LogP contribution in [0.25, 0.3) is 0 Å². The predicted molar refractivity (Wildman–Crippen MR) is 64.8 cm³/mol. The van der Waals surface area contributed by atoms with Crippen molar-refractivity contribution in [2.45, 2.75) is 0 Å². The number of nitro benzene ring substituents is 1. The Kier molecular flexibility index (Phi) is 3.29. The van der Waals surface area contributed by atoms with Gasteiger partial charge >= 0.3 is 0 Å². The lowest BCUT2D eigenvalue weighted by molar-refractivity contribution is -0.384. The minimum Gasteiger partial charge on any atom is -0.410 e. The molecule has 0 saturated carbocycles. The summed E-state index contributed by atoms with van der Waals surface area (Å²) in [6.07, 6.45) is 3.11. The van der Waals surface area contributed by atoms with Gasteiger partial charge in [-0.2, -0.15) is 0 Å². The van der Waals surface area contributed by atoms with Crippen molar-refractivity contribution in [3.05, 3.63) is 70.0 Å². The summed E-state index contributed by atoms with van der Waals surface area (Å²) in [5.74, 6) is 0. The summed E-state index contributed by atoms with van der Waals surface area (Å²) in [5, 5.41) is 22.9. The zero-order chi connectivity index (χ0) is 13.0. The van der Waals surface area contributed by atoms with Crippen LogP contribution in [-0.2, 0) is 0 Å². The topological polar surface area (TPSA) is 88.6 Å². The molecular weight excluding hydrogens is 234 g/mol. The van der Waals surface area contributed by atoms with Crippen LogP contribution < -0.4 is 0 Å². The molecule has 0 atom stereocenters. The fraction of sp³-hybridized carbons (Fsp3) is 0. The normalized spacial score (nSPS) is 11.2. The first-order valence-corrected chi connectivity index (χ1v) is 5.09. The Hall–Kier alpha value is -2.76. The van der Waals surface area contributed by atoms with Gasteiger partial charge in [-0.1, -0.05) is 17.3 Å². The highest BCUT2D eigenvalue weighted by Gasteiger charge is 2.12. The number of aromatic nitrogens is 1. The Morgan fingerprint density at radius 3 is 2.67 bits per heavy atom. The number of benzene rings is 1. The van der Waals surface area contributed by atoms with Gasteiger partial charge in [-0.05, 0) is 12.1 Å². The first-order chi connectivity index (χ1) is 8.72. The Bertz CT molecular complexity index is 597. The van der Waals surface area contributed by atoms with Crippen LogP contribution in [0.5, 0.6) is 0 Å². The lowest BCUT2D eigenvalue weighted by atomic mass is 10.0. The molecule has 1 heterocycles. The Labute approximate surface area is 102 Å². The molecule has 0 radical (unpaired) electrons. The fourth-order valence-electron chi connectivity index (χ4n) is 1.55. The minimum absolute atomic E-state index is 0.0578. The standard InChI is InChI=1S/C12H9N3O3/c16-14-12(10-4-2-6-13-8-10)9-3-1-5-11(7-9)15(17)18/h1-8,16H. The van der Waals surface area contributed by atoms with E-state index in [0.717, 1.165) is 0 Å². The molecule has 0 unspecified atom stereocenters. The lowest BCUT2D eigenvalue weighted by Crippen LogP contribution is -2.04. The molecule has 6 heteroatoms. The van der Waals surface area contributed by atoms with E-state index in [2.05, 4.69) is 10.1 Å². The maximum Gasteiger partial charge on any atom is 0.270 e. The van der Waals surface area contributed by atoms with E-state index in [0.29, 0.717) is 11.1 Å². The third kappa shape index (κ3) is 2.32. The molecule has 0 aliphatic rings. The average Bonchev–Trinajstić information content (AvgIpc) is 2.41. The van der Waals surface area contributed by atoms with Crippen molar-refractivity contribution in [2.24, 2.45) is 5.16 Å². The molecule has 0 bridgehead atoms. The van der Waals surface area contributed by atoms with Gasteiger partial charge in [0.1, 0.15) is 5.71 Å². The van der Waals surface area contributed by atoms with Crippen molar-refractivity contribution in [1.82, 2.24) is 4.98 Å². The molecule has 0 aliphatic heterocycles. The summed E-state index contributed by atoms with van der Waals surface area (Å²) < 4.78 is 0. The second kappa shape index (κ2) is 5.05. The number of hydrogen-bond donors (Lipinski definition) is 1. The van der Waals surface area contributed by atoms with Crippen molar-refractivity contribution in [2.75, 3.05) is 0 Å². The van der Waals surface area contributed by atoms with Crippen molar-refractivity contribution in [1.29, 1.82) is 0 Å². The maximum atomic E-state index is 10.7. The SMILES string of the molecule is O=[N+]([O-])c1cccc(C(=NO)c2cccnc2)c1. The first kappa shape index (κ1) is 11.7. The van der Waals surface area contributed by atoms with E-state index in [1.807, 2.05) is 0 Å². The van der Waals surface area contributed by atoms with E-state index < -0.39 is 4.92 Å². The van der Waals surface area contributed by atoms with E-state index in [4.69, 9.17) is 5.21 Å². The second-order valence-electron chi connectivity index (χ2n) is 3.50. The summed E-state index contributed by atoms with van der Waals surface area (Å²) in [4.78, 5) is 14.1. The molecule has 6 nitrogen and oxygen atoms in total. The van der Waals surface area contributed by atoms with Crippen LogP contribution in [0.2, 0.25) is 0 Å². The Morgan fingerprint density at radius 2 is 2.06 bits per heavy atom. The molecule has 0 aliphatic carbocycles. The molecule has 0 amide bonds. The monoisotopic (exact) mass is 243 g/mol. The van der Waals surface area contributed by atoms with Gasteiger partial charge in [-0.3, -0.25) is 15.1 Å². The van der Waals surface area contributed by atoms with E-state index in [-0.39, 0.29) is 11.4 Å². The zero-order valence-corrected chi connectivity index (χ0v) is 9.22. The number of oxime groups is 1. The van der Waals surface area contributed by atoms with Crippen molar-refractivity contribution in [3.63, 3.8) is 0 Å². The summed E-state index contributed by atoms with van der Waals surface area (Å²) in [6, 6.07) is 9.30. The summed E-state index contributed by atoms with van der Waals surface area (Å²) in [7, 11) is 0. The number of nitro groups is 1. The van der Waals surface area contributed by atoms with Crippen LogP contribution in [0.4, 0.5) is 5.69 Å². The molecule has 1 N–H and O–H groups in total. The van der Waals surface area contributed by atoms with Crippen LogP contribution in [-0.4, -0.2) is 20.8 Å². The molecule has 1 aromatic carbocycles. The van der Waals surface area contributed by atoms with E-state index >= 15 is 0 Å². The quantitative estimate of drug-likeness (QED) is 0.387. The van der Waals surface area contributed by atoms with Gasteiger partial charge in [-0.15, -0.1) is 0 Å². The highest BCUT2D eigenvalue weighted by Crippen LogP contribution is 2.16. The minimum atomic E-state index is -0.498. The van der Waals surface area contributed by atoms with Gasteiger partial charge in [0.25, 0.3) is 5.69 Å². The summed E-state index contributed by atoms with van der Waals surface area (Å²) >= 11 is 0. The largest absolute Gasteiger partial charge is 0.410 e. The molecule has 1 aromatic heterocycles. The van der Waals surface area contributed by atoms with Crippen LogP contribution in [0.3, 0.4) is 0 Å². The third-order valence-corrected chi connectivity index (χ3v) is 2.37. The van der Waals surface area contributed by atoms with Gasteiger partial charge in [-0.25, -0.2) is 0 Å². The highest BCUT2D eigenvalue weighted by molar-refractivity contribution is 6.12. The number of non-ortho nitro benzene ring substituents is 1. The molecular formula is C12H9N3O3. The molecule has 18 heavy (non-hydrogen) atoms. The number of hydrogen-bond acceptors (Lipinski definition) is 5. The maximum absolute atomic E-state index is 10.7. The van der Waals surface area contributed by atoms with Crippen LogP contribution in [0.1, 0.15) is 11.1 Å². The molecule has 0 saturated heterocycles. The van der Waals surface area contributed by atoms with Gasteiger partial charge in [0.15, 0.2) is 0 Å². The van der Waals surface area contributed by atoms with Gasteiger partial charge in [0, 0.05) is 35.7 Å². The Morgan fingerprint density at radius 1 is 1.28 bits per heavy atom. The molecule has 0 fully saturated rings. The first-order valence-electron chi connectivity index (χ1n) is 5.09. The van der Waals surface area contributed by atoms with Crippen LogP contribution in [0.15, 0.2) is 53.9 Å². The van der Waals surface area contributed by atoms with E-state index in [1.165, 1.54) is 24.4 Å². The van der Waals surface area contributed by atoms with Crippen LogP contribution >= 0.6 is 0 Å². The van der Waals surface area contributed by atoms with E-state index in [1.54, 1.807) is 24.4 Å². The average molecular weight is 243 g/mol. The van der Waals surface area contributed by atoms with Gasteiger partial charge in [0.05, 0.1) is 4.92 Å². The van der Waals surface area contributed by atoms with Gasteiger partial charge < -0.3 is 5.21 Å². The second-order valence-corrected chi connectivity index (χ2v) is 3.50.